The van der Waals surface area contributed by atoms with Crippen LogP contribution in [0.2, 0.25) is 0 Å². The summed E-state index contributed by atoms with van der Waals surface area (Å²) in [5.41, 5.74) is 5.52. The summed E-state index contributed by atoms with van der Waals surface area (Å²) in [6, 6.07) is 0. The third kappa shape index (κ3) is 6.58. The highest BCUT2D eigenvalue weighted by Gasteiger charge is 2.12. The minimum atomic E-state index is 0.787. The van der Waals surface area contributed by atoms with Crippen LogP contribution in [0.5, 0.6) is 0 Å². The second kappa shape index (κ2) is 5.51. The largest absolute Gasteiger partial charge is 0.327 e. The van der Waals surface area contributed by atoms with Crippen LogP contribution in [0, 0.1) is 0 Å². The van der Waals surface area contributed by atoms with Crippen molar-refractivity contribution in [3.05, 3.63) is 0 Å². The van der Waals surface area contributed by atoms with Gasteiger partial charge < -0.3 is 15.1 Å². The van der Waals surface area contributed by atoms with Gasteiger partial charge in [-0.15, -0.1) is 0 Å². The zero-order valence-corrected chi connectivity index (χ0v) is 9.01. The van der Waals surface area contributed by atoms with Gasteiger partial charge in [-0.05, 0) is 14.1 Å². The van der Waals surface area contributed by atoms with Crippen molar-refractivity contribution in [2.75, 3.05) is 54.4 Å². The maximum absolute atomic E-state index is 5.52. The van der Waals surface area contributed by atoms with Gasteiger partial charge in [0.25, 0.3) is 0 Å². The molecule has 2 N–H and O–H groups in total. The monoisotopic (exact) mass is 174 g/mol. The molecule has 0 saturated carbocycles. The summed E-state index contributed by atoms with van der Waals surface area (Å²) in [6.45, 7) is 4.25. The van der Waals surface area contributed by atoms with Gasteiger partial charge in [-0.3, -0.25) is 0 Å². The van der Waals surface area contributed by atoms with Crippen LogP contribution < -0.4 is 5.73 Å². The molecule has 0 unspecified atom stereocenters. The van der Waals surface area contributed by atoms with Crippen LogP contribution in [-0.4, -0.2) is 63.8 Å². The molecule has 0 aromatic rings. The Morgan fingerprint density at radius 2 is 1.75 bits per heavy atom. The van der Waals surface area contributed by atoms with E-state index in [4.69, 9.17) is 5.73 Å². The summed E-state index contributed by atoms with van der Waals surface area (Å²) in [6.07, 6.45) is 1.25. The molecule has 0 saturated heterocycles. The minimum absolute atomic E-state index is 0.787. The molecular formula is C9H24N3+. The Morgan fingerprint density at radius 3 is 2.17 bits per heavy atom. The van der Waals surface area contributed by atoms with Gasteiger partial charge >= 0.3 is 0 Å². The number of quaternary nitrogens is 1. The third-order valence-electron chi connectivity index (χ3n) is 2.10. The fraction of sp³-hybridized carbons (Fsp3) is 1.00. The van der Waals surface area contributed by atoms with E-state index in [0.717, 1.165) is 17.6 Å². The zero-order valence-electron chi connectivity index (χ0n) is 9.01. The molecule has 0 rings (SSSR count). The average Bonchev–Trinajstić information content (AvgIpc) is 1.85. The van der Waals surface area contributed by atoms with Crippen molar-refractivity contribution in [1.82, 2.24) is 4.90 Å². The van der Waals surface area contributed by atoms with Crippen molar-refractivity contribution in [3.8, 4) is 0 Å². The standard InChI is InChI=1S/C9H24N3/c1-11(2)7-5-8-12(3,4)9-6-10/h5-10H2,1-4H3/q+1. The zero-order chi connectivity index (χ0) is 9.61. The van der Waals surface area contributed by atoms with Gasteiger partial charge in [-0.25, -0.2) is 0 Å². The molecule has 0 radical (unpaired) electrons. The maximum atomic E-state index is 5.52. The number of likely N-dealkylation sites (N-methyl/N-ethyl adjacent to an activating group) is 1. The fourth-order valence-corrected chi connectivity index (χ4v) is 1.28. The molecule has 0 amide bonds. The normalized spacial score (nSPS) is 12.5. The van der Waals surface area contributed by atoms with Crippen molar-refractivity contribution < 1.29 is 4.48 Å². The lowest BCUT2D eigenvalue weighted by atomic mass is 10.3. The van der Waals surface area contributed by atoms with Crippen LogP contribution in [0.25, 0.3) is 0 Å². The molecule has 0 bridgehead atoms. The lowest BCUT2D eigenvalue weighted by molar-refractivity contribution is -0.889. The van der Waals surface area contributed by atoms with Crippen molar-refractivity contribution >= 4 is 0 Å². The maximum Gasteiger partial charge on any atom is 0.0907 e. The molecule has 0 atom stereocenters. The summed E-state index contributed by atoms with van der Waals surface area (Å²) < 4.78 is 1.05. The Bertz CT molecular complexity index is 110. The summed E-state index contributed by atoms with van der Waals surface area (Å²) in [5, 5.41) is 0. The number of nitrogens with zero attached hydrogens (tertiary/aromatic N) is 2. The van der Waals surface area contributed by atoms with Gasteiger partial charge in [-0.2, -0.15) is 0 Å². The summed E-state index contributed by atoms with van der Waals surface area (Å²) in [7, 11) is 8.71. The molecule has 0 aromatic carbocycles. The van der Waals surface area contributed by atoms with E-state index in [2.05, 4.69) is 33.1 Å². The van der Waals surface area contributed by atoms with Gasteiger partial charge in [0.1, 0.15) is 0 Å². The van der Waals surface area contributed by atoms with Crippen LogP contribution in [-0.2, 0) is 0 Å². The van der Waals surface area contributed by atoms with Gasteiger partial charge in [0, 0.05) is 19.5 Å². The minimum Gasteiger partial charge on any atom is -0.327 e. The van der Waals surface area contributed by atoms with Crippen molar-refractivity contribution in [2.24, 2.45) is 5.73 Å². The SMILES string of the molecule is CN(C)CCC[N+](C)(C)CCN. The molecule has 0 aliphatic rings. The summed E-state index contributed by atoms with van der Waals surface area (Å²) in [5.74, 6) is 0. The van der Waals surface area contributed by atoms with Gasteiger partial charge in [0.15, 0.2) is 0 Å². The first kappa shape index (κ1) is 11.9. The predicted molar refractivity (Wildman–Crippen MR) is 54.1 cm³/mol. The highest BCUT2D eigenvalue weighted by Crippen LogP contribution is 1.98. The molecule has 3 heteroatoms. The smallest absolute Gasteiger partial charge is 0.0907 e. The van der Waals surface area contributed by atoms with Gasteiger partial charge in [-0.1, -0.05) is 0 Å². The Kier molecular flexibility index (Phi) is 5.46. The van der Waals surface area contributed by atoms with E-state index in [9.17, 15) is 0 Å². The first-order chi connectivity index (χ1) is 5.48. The van der Waals surface area contributed by atoms with Crippen molar-refractivity contribution in [2.45, 2.75) is 6.42 Å². The van der Waals surface area contributed by atoms with E-state index < -0.39 is 0 Å². The molecule has 74 valence electrons. The number of hydrogen-bond acceptors (Lipinski definition) is 2. The van der Waals surface area contributed by atoms with Gasteiger partial charge in [0.05, 0.1) is 27.2 Å². The van der Waals surface area contributed by atoms with E-state index in [1.54, 1.807) is 0 Å². The highest BCUT2D eigenvalue weighted by molar-refractivity contribution is 4.44. The number of nitrogens with two attached hydrogens (primary N) is 1. The van der Waals surface area contributed by atoms with Crippen LogP contribution >= 0.6 is 0 Å². The van der Waals surface area contributed by atoms with Crippen LogP contribution in [0.1, 0.15) is 6.42 Å². The van der Waals surface area contributed by atoms with E-state index in [-0.39, 0.29) is 0 Å². The molecule has 0 aromatic heterocycles. The van der Waals surface area contributed by atoms with Crippen LogP contribution in [0.3, 0.4) is 0 Å². The molecule has 12 heavy (non-hydrogen) atoms. The second-order valence-corrected chi connectivity index (χ2v) is 4.33. The fourth-order valence-electron chi connectivity index (χ4n) is 1.28. The highest BCUT2D eigenvalue weighted by atomic mass is 15.3. The van der Waals surface area contributed by atoms with Crippen LogP contribution in [0.15, 0.2) is 0 Å². The van der Waals surface area contributed by atoms with Crippen LogP contribution in [0.4, 0.5) is 0 Å². The molecular weight excluding hydrogens is 150 g/mol. The topological polar surface area (TPSA) is 29.3 Å². The lowest BCUT2D eigenvalue weighted by Crippen LogP contribution is -2.44. The molecule has 0 fully saturated rings. The molecule has 0 aliphatic carbocycles. The van der Waals surface area contributed by atoms with Gasteiger partial charge in [0.2, 0.25) is 0 Å². The van der Waals surface area contributed by atoms with E-state index in [0.29, 0.717) is 0 Å². The summed E-state index contributed by atoms with van der Waals surface area (Å²) in [4.78, 5) is 2.22. The lowest BCUT2D eigenvalue weighted by Gasteiger charge is -2.29. The molecule has 0 aliphatic heterocycles. The quantitative estimate of drug-likeness (QED) is 0.573. The first-order valence-electron chi connectivity index (χ1n) is 4.65. The molecule has 0 heterocycles. The van der Waals surface area contributed by atoms with E-state index in [1.807, 2.05) is 0 Å². The van der Waals surface area contributed by atoms with E-state index in [1.165, 1.54) is 19.5 Å². The number of hydrogen-bond donors (Lipinski definition) is 1. The second-order valence-electron chi connectivity index (χ2n) is 4.33. The van der Waals surface area contributed by atoms with Crippen molar-refractivity contribution in [3.63, 3.8) is 0 Å². The van der Waals surface area contributed by atoms with Crippen molar-refractivity contribution in [1.29, 1.82) is 0 Å². The Labute approximate surface area is 76.7 Å². The van der Waals surface area contributed by atoms with E-state index >= 15 is 0 Å². The Balaban J connectivity index is 3.46. The first-order valence-corrected chi connectivity index (χ1v) is 4.65. The molecule has 0 spiro atoms. The Morgan fingerprint density at radius 1 is 1.17 bits per heavy atom. The molecule has 3 nitrogen and oxygen atoms in total. The predicted octanol–water partition coefficient (Wildman–Crippen LogP) is -0.0268. The third-order valence-corrected chi connectivity index (χ3v) is 2.10. The number of rotatable bonds is 6. The average molecular weight is 174 g/mol. The summed E-state index contributed by atoms with van der Waals surface area (Å²) >= 11 is 0. The Hall–Kier alpha value is -0.120.